The lowest BCUT2D eigenvalue weighted by atomic mass is 10.2. The molecular formula is C12H13FN2O2. The fourth-order valence-electron chi connectivity index (χ4n) is 1.26. The lowest BCUT2D eigenvalue weighted by molar-refractivity contribution is -0.142. The number of esters is 1. The number of ether oxygens (including phenoxy) is 1. The number of benzene rings is 1. The van der Waals surface area contributed by atoms with Crippen LogP contribution in [-0.4, -0.2) is 19.1 Å². The summed E-state index contributed by atoms with van der Waals surface area (Å²) in [5, 5.41) is 11.3. The molecule has 0 saturated heterocycles. The minimum absolute atomic E-state index is 0.174. The third-order valence-electron chi connectivity index (χ3n) is 2.05. The number of nitrogens with one attached hydrogen (secondary N) is 1. The Bertz CT molecular complexity index is 441. The summed E-state index contributed by atoms with van der Waals surface area (Å²) in [5.41, 5.74) is 0.534. The molecule has 0 spiro atoms. The molecule has 0 aromatic heterocycles. The van der Waals surface area contributed by atoms with Crippen molar-refractivity contribution in [2.45, 2.75) is 13.3 Å². The van der Waals surface area contributed by atoms with Crippen LogP contribution in [0.3, 0.4) is 0 Å². The fraction of sp³-hybridized carbons (Fsp3) is 0.333. The van der Waals surface area contributed by atoms with Gasteiger partial charge < -0.3 is 10.1 Å². The molecule has 90 valence electrons. The van der Waals surface area contributed by atoms with E-state index >= 15 is 0 Å². The maximum atomic E-state index is 13.4. The SMILES string of the molecule is CCOC(=O)CCNc1ccc(C#N)cc1F. The lowest BCUT2D eigenvalue weighted by Gasteiger charge is -2.07. The Hall–Kier alpha value is -2.09. The monoisotopic (exact) mass is 236 g/mol. The van der Waals surface area contributed by atoms with Crippen LogP contribution >= 0.6 is 0 Å². The minimum atomic E-state index is -0.507. The van der Waals surface area contributed by atoms with E-state index < -0.39 is 5.82 Å². The van der Waals surface area contributed by atoms with E-state index in [1.165, 1.54) is 12.1 Å². The Kier molecular flexibility index (Phi) is 4.95. The van der Waals surface area contributed by atoms with Crippen LogP contribution in [0, 0.1) is 17.1 Å². The first-order valence-corrected chi connectivity index (χ1v) is 5.26. The fourth-order valence-corrected chi connectivity index (χ4v) is 1.26. The topological polar surface area (TPSA) is 62.1 Å². The molecule has 0 bridgehead atoms. The first-order valence-electron chi connectivity index (χ1n) is 5.26. The molecule has 0 fully saturated rings. The summed E-state index contributed by atoms with van der Waals surface area (Å²) in [4.78, 5) is 11.0. The zero-order valence-electron chi connectivity index (χ0n) is 9.50. The van der Waals surface area contributed by atoms with E-state index in [0.717, 1.165) is 6.07 Å². The molecule has 4 nitrogen and oxygen atoms in total. The van der Waals surface area contributed by atoms with Gasteiger partial charge in [0, 0.05) is 6.54 Å². The average molecular weight is 236 g/mol. The van der Waals surface area contributed by atoms with Crippen LogP contribution in [0.4, 0.5) is 10.1 Å². The molecule has 0 aliphatic carbocycles. The van der Waals surface area contributed by atoms with Crippen molar-refractivity contribution < 1.29 is 13.9 Å². The standard InChI is InChI=1S/C12H13FN2O2/c1-2-17-12(16)5-6-15-11-4-3-9(8-14)7-10(11)13/h3-4,7,15H,2,5-6H2,1H3. The molecule has 0 atom stereocenters. The second kappa shape index (κ2) is 6.48. The van der Waals surface area contributed by atoms with Gasteiger partial charge in [0.1, 0.15) is 5.82 Å². The molecule has 5 heteroatoms. The first kappa shape index (κ1) is 13.0. The molecule has 1 rings (SSSR count). The van der Waals surface area contributed by atoms with Crippen molar-refractivity contribution in [3.8, 4) is 6.07 Å². The highest BCUT2D eigenvalue weighted by Gasteiger charge is 2.05. The first-order chi connectivity index (χ1) is 8.17. The van der Waals surface area contributed by atoms with E-state index in [4.69, 9.17) is 10.00 Å². The van der Waals surface area contributed by atoms with E-state index in [1.54, 1.807) is 6.92 Å². The van der Waals surface area contributed by atoms with Crippen molar-refractivity contribution in [2.24, 2.45) is 0 Å². The second-order valence-electron chi connectivity index (χ2n) is 3.29. The van der Waals surface area contributed by atoms with E-state index in [1.807, 2.05) is 6.07 Å². The largest absolute Gasteiger partial charge is 0.466 e. The predicted molar refractivity (Wildman–Crippen MR) is 60.9 cm³/mol. The predicted octanol–water partition coefficient (Wildman–Crippen LogP) is 2.06. The summed E-state index contributed by atoms with van der Waals surface area (Å²) in [6.07, 6.45) is 0.174. The average Bonchev–Trinajstić information content (AvgIpc) is 2.31. The molecule has 0 amide bonds. The number of hydrogen-bond donors (Lipinski definition) is 1. The van der Waals surface area contributed by atoms with Gasteiger partial charge in [-0.25, -0.2) is 4.39 Å². The highest BCUT2D eigenvalue weighted by atomic mass is 19.1. The van der Waals surface area contributed by atoms with Crippen molar-refractivity contribution in [3.63, 3.8) is 0 Å². The normalized spacial score (nSPS) is 9.47. The van der Waals surface area contributed by atoms with Crippen LogP contribution < -0.4 is 5.32 Å². The quantitative estimate of drug-likeness (QED) is 0.795. The van der Waals surface area contributed by atoms with Crippen molar-refractivity contribution >= 4 is 11.7 Å². The molecule has 0 aliphatic heterocycles. The Morgan fingerprint density at radius 1 is 1.59 bits per heavy atom. The van der Waals surface area contributed by atoms with Crippen LogP contribution in [0.25, 0.3) is 0 Å². The third-order valence-corrected chi connectivity index (χ3v) is 2.05. The molecular weight excluding hydrogens is 223 g/mol. The maximum Gasteiger partial charge on any atom is 0.307 e. The molecule has 1 N–H and O–H groups in total. The molecule has 17 heavy (non-hydrogen) atoms. The van der Waals surface area contributed by atoms with Gasteiger partial charge in [-0.15, -0.1) is 0 Å². The molecule has 0 saturated carbocycles. The molecule has 1 aromatic rings. The van der Waals surface area contributed by atoms with E-state index in [9.17, 15) is 9.18 Å². The van der Waals surface area contributed by atoms with Gasteiger partial charge in [0.25, 0.3) is 0 Å². The second-order valence-corrected chi connectivity index (χ2v) is 3.29. The Balaban J connectivity index is 2.47. The van der Waals surface area contributed by atoms with Gasteiger partial charge in [0.05, 0.1) is 30.3 Å². The van der Waals surface area contributed by atoms with Gasteiger partial charge in [0.15, 0.2) is 0 Å². The van der Waals surface area contributed by atoms with Crippen LogP contribution in [0.5, 0.6) is 0 Å². The van der Waals surface area contributed by atoms with Crippen molar-refractivity contribution in [2.75, 3.05) is 18.5 Å². The zero-order chi connectivity index (χ0) is 12.7. The highest BCUT2D eigenvalue weighted by Crippen LogP contribution is 2.15. The lowest BCUT2D eigenvalue weighted by Crippen LogP contribution is -2.12. The van der Waals surface area contributed by atoms with Crippen molar-refractivity contribution in [3.05, 3.63) is 29.6 Å². The molecule has 1 aromatic carbocycles. The van der Waals surface area contributed by atoms with E-state index in [0.29, 0.717) is 13.2 Å². The van der Waals surface area contributed by atoms with Gasteiger partial charge in [-0.3, -0.25) is 4.79 Å². The van der Waals surface area contributed by atoms with Crippen LogP contribution in [0.15, 0.2) is 18.2 Å². The van der Waals surface area contributed by atoms with Crippen LogP contribution in [0.1, 0.15) is 18.9 Å². The third kappa shape index (κ3) is 4.11. The Labute approximate surface area is 99.0 Å². The number of nitrogens with zero attached hydrogens (tertiary/aromatic N) is 1. The minimum Gasteiger partial charge on any atom is -0.466 e. The van der Waals surface area contributed by atoms with Gasteiger partial charge in [-0.2, -0.15) is 5.26 Å². The van der Waals surface area contributed by atoms with E-state index in [2.05, 4.69) is 5.32 Å². The van der Waals surface area contributed by atoms with E-state index in [-0.39, 0.29) is 23.6 Å². The smallest absolute Gasteiger partial charge is 0.307 e. The van der Waals surface area contributed by atoms with Crippen LogP contribution in [-0.2, 0) is 9.53 Å². The number of carbonyl (C=O) groups excluding carboxylic acids is 1. The number of anilines is 1. The summed E-state index contributed by atoms with van der Waals surface area (Å²) in [6.45, 7) is 2.36. The van der Waals surface area contributed by atoms with Crippen LogP contribution in [0.2, 0.25) is 0 Å². The molecule has 0 radical (unpaired) electrons. The Morgan fingerprint density at radius 3 is 2.94 bits per heavy atom. The number of rotatable bonds is 5. The maximum absolute atomic E-state index is 13.4. The molecule has 0 aliphatic rings. The summed E-state index contributed by atoms with van der Waals surface area (Å²) in [7, 11) is 0. The van der Waals surface area contributed by atoms with Gasteiger partial charge in [-0.05, 0) is 25.1 Å². The summed E-state index contributed by atoms with van der Waals surface area (Å²) >= 11 is 0. The summed E-state index contributed by atoms with van der Waals surface area (Å²) in [5.74, 6) is -0.832. The highest BCUT2D eigenvalue weighted by molar-refractivity contribution is 5.70. The van der Waals surface area contributed by atoms with Gasteiger partial charge >= 0.3 is 5.97 Å². The number of halogens is 1. The molecule has 0 unspecified atom stereocenters. The summed E-state index contributed by atoms with van der Waals surface area (Å²) < 4.78 is 18.1. The number of nitriles is 1. The molecule has 0 heterocycles. The van der Waals surface area contributed by atoms with Crippen molar-refractivity contribution in [1.82, 2.24) is 0 Å². The Morgan fingerprint density at radius 2 is 2.35 bits per heavy atom. The number of hydrogen-bond acceptors (Lipinski definition) is 4. The van der Waals surface area contributed by atoms with Gasteiger partial charge in [-0.1, -0.05) is 0 Å². The summed E-state index contributed by atoms with van der Waals surface area (Å²) in [6, 6.07) is 5.97. The zero-order valence-corrected chi connectivity index (χ0v) is 9.50. The van der Waals surface area contributed by atoms with Gasteiger partial charge in [0.2, 0.25) is 0 Å². The van der Waals surface area contributed by atoms with Crippen molar-refractivity contribution in [1.29, 1.82) is 5.26 Å². The number of carbonyl (C=O) groups is 1.